The number of aromatic nitrogens is 4. The first-order valence-corrected chi connectivity index (χ1v) is 17.7. The summed E-state index contributed by atoms with van der Waals surface area (Å²) >= 11 is 7.89. The summed E-state index contributed by atoms with van der Waals surface area (Å²) in [5, 5.41) is 6.77. The lowest BCUT2D eigenvalue weighted by molar-refractivity contribution is 0.146. The Morgan fingerprint density at radius 3 is 2.65 bits per heavy atom. The van der Waals surface area contributed by atoms with Gasteiger partial charge in [0.1, 0.15) is 36.1 Å². The molecule has 0 amide bonds. The molecular weight excluding hydrogens is 680 g/mol. The fraction of sp³-hybridized carbons (Fsp3) is 0.176. The number of pyridine rings is 1. The highest BCUT2D eigenvalue weighted by atomic mass is 35.5. The van der Waals surface area contributed by atoms with Crippen molar-refractivity contribution in [3.63, 3.8) is 0 Å². The number of sulfone groups is 1. The van der Waals surface area contributed by atoms with Crippen molar-refractivity contribution in [1.82, 2.24) is 19.9 Å². The normalized spacial score (nSPS) is 11.6. The molecule has 6 aromatic rings. The summed E-state index contributed by atoms with van der Waals surface area (Å²) < 4.78 is 64.7. The van der Waals surface area contributed by atoms with E-state index < -0.39 is 15.7 Å². The zero-order valence-corrected chi connectivity index (χ0v) is 27.7. The van der Waals surface area contributed by atoms with E-state index in [1.807, 2.05) is 0 Å². The van der Waals surface area contributed by atoms with Crippen molar-refractivity contribution in [3.8, 4) is 17.0 Å². The first-order valence-electron chi connectivity index (χ1n) is 14.8. The lowest BCUT2D eigenvalue weighted by Crippen LogP contribution is -2.14. The maximum Gasteiger partial charge on any atom is 0.197 e. The maximum absolute atomic E-state index is 15.3. The molecule has 3 aromatic carbocycles. The summed E-state index contributed by atoms with van der Waals surface area (Å²) in [5.74, 6) is -0.0853. The molecule has 0 unspecified atom stereocenters. The first kappa shape index (κ1) is 33.3. The van der Waals surface area contributed by atoms with E-state index in [1.54, 1.807) is 53.9 Å². The fourth-order valence-corrected chi connectivity index (χ4v) is 6.90. The molecule has 9 nitrogen and oxygen atoms in total. The minimum atomic E-state index is -3.50. The predicted molar refractivity (Wildman–Crippen MR) is 182 cm³/mol. The second-order valence-electron chi connectivity index (χ2n) is 10.6. The van der Waals surface area contributed by atoms with E-state index in [0.29, 0.717) is 69.4 Å². The van der Waals surface area contributed by atoms with Crippen molar-refractivity contribution < 1.29 is 26.7 Å². The summed E-state index contributed by atoms with van der Waals surface area (Å²) in [6, 6.07) is 19.0. The van der Waals surface area contributed by atoms with Crippen LogP contribution in [0.2, 0.25) is 5.02 Å². The quantitative estimate of drug-likeness (QED) is 0.113. The molecule has 0 bridgehead atoms. The number of nitrogens with one attached hydrogen (secondary N) is 1. The molecular formula is C34H28ClF2N5O4S2. The van der Waals surface area contributed by atoms with Gasteiger partial charge in [-0.1, -0.05) is 29.8 Å². The molecule has 0 saturated heterocycles. The van der Waals surface area contributed by atoms with Crippen molar-refractivity contribution in [1.29, 1.82) is 0 Å². The number of rotatable bonds is 14. The lowest BCUT2D eigenvalue weighted by atomic mass is 10.1. The zero-order valence-electron chi connectivity index (χ0n) is 25.3. The number of hydrogen-bond donors (Lipinski definition) is 1. The second-order valence-corrected chi connectivity index (χ2v) is 14.0. The van der Waals surface area contributed by atoms with Crippen molar-refractivity contribution in [3.05, 3.63) is 118 Å². The number of halogens is 3. The smallest absolute Gasteiger partial charge is 0.197 e. The summed E-state index contributed by atoms with van der Waals surface area (Å²) in [7, 11) is -3.50. The van der Waals surface area contributed by atoms with Crippen molar-refractivity contribution in [2.75, 3.05) is 24.3 Å². The maximum atomic E-state index is 15.3. The average Bonchev–Trinajstić information content (AvgIpc) is 3.55. The fourth-order valence-electron chi connectivity index (χ4n) is 4.77. The van der Waals surface area contributed by atoms with Gasteiger partial charge in [-0.2, -0.15) is 0 Å². The van der Waals surface area contributed by atoms with Gasteiger partial charge in [-0.3, -0.25) is 0 Å². The van der Waals surface area contributed by atoms with Gasteiger partial charge in [0.2, 0.25) is 0 Å². The van der Waals surface area contributed by atoms with Crippen LogP contribution in [0.15, 0.2) is 95.7 Å². The Hall–Kier alpha value is -4.56. The molecule has 0 fully saturated rings. The molecule has 6 rings (SSSR count). The van der Waals surface area contributed by atoms with Crippen molar-refractivity contribution >= 4 is 55.2 Å². The van der Waals surface area contributed by atoms with Gasteiger partial charge in [0.15, 0.2) is 14.9 Å². The van der Waals surface area contributed by atoms with Crippen molar-refractivity contribution in [2.24, 2.45) is 0 Å². The van der Waals surface area contributed by atoms with E-state index >= 15 is 4.39 Å². The molecule has 0 aliphatic heterocycles. The van der Waals surface area contributed by atoms with Crippen LogP contribution in [-0.4, -0.2) is 47.3 Å². The van der Waals surface area contributed by atoms with E-state index in [1.165, 1.54) is 48.1 Å². The Morgan fingerprint density at radius 2 is 1.83 bits per heavy atom. The highest BCUT2D eigenvalue weighted by Crippen LogP contribution is 2.34. The highest BCUT2D eigenvalue weighted by Gasteiger charge is 2.17. The van der Waals surface area contributed by atoms with Gasteiger partial charge in [0.05, 0.1) is 33.6 Å². The zero-order chi connectivity index (χ0) is 33.5. The number of anilines is 2. The van der Waals surface area contributed by atoms with E-state index in [2.05, 4.69) is 25.3 Å². The lowest BCUT2D eigenvalue weighted by Gasteiger charge is -2.12. The predicted octanol–water partition coefficient (Wildman–Crippen LogP) is 7.83. The third-order valence-electron chi connectivity index (χ3n) is 7.16. The van der Waals surface area contributed by atoms with Crippen LogP contribution in [-0.2, 0) is 27.6 Å². The number of aryl methyl sites for hydroxylation is 1. The number of benzene rings is 3. The number of hydrogen-bond acceptors (Lipinski definition) is 10. The Bertz CT molecular complexity index is 2150. The summed E-state index contributed by atoms with van der Waals surface area (Å²) in [6.07, 6.45) is 4.00. The monoisotopic (exact) mass is 707 g/mol. The molecule has 3 heterocycles. The number of fused-ring (bicyclic) bond motifs is 1. The molecule has 3 aromatic heterocycles. The van der Waals surface area contributed by atoms with Crippen LogP contribution in [0.5, 0.6) is 5.75 Å². The standard InChI is InChI=1S/C34H28ClF2N5O4S2/c35-27-16-24(9-10-31(27)46-19-22-5-3-6-23(36)15-22)41-34-26-17-25(28(37)18-29(26)39-21-40-34)30-20-47-32(42-30)7-4-12-45-13-14-48(43,44)33-8-1-2-11-38-33/h1-3,5-6,8-11,15-18,20-21H,4,7,12-14,19H2,(H,39,40,41). The first-order chi connectivity index (χ1) is 23.2. The molecule has 0 atom stereocenters. The molecule has 0 spiro atoms. The van der Waals surface area contributed by atoms with E-state index in [-0.39, 0.29) is 29.8 Å². The summed E-state index contributed by atoms with van der Waals surface area (Å²) in [6.45, 7) is 0.567. The van der Waals surface area contributed by atoms with Gasteiger partial charge < -0.3 is 14.8 Å². The summed E-state index contributed by atoms with van der Waals surface area (Å²) in [5.41, 5.74) is 2.49. The Labute approximate surface area is 284 Å². The molecule has 1 N–H and O–H groups in total. The second kappa shape index (κ2) is 15.1. The van der Waals surface area contributed by atoms with Crippen LogP contribution >= 0.6 is 22.9 Å². The van der Waals surface area contributed by atoms with Crippen LogP contribution in [0.25, 0.3) is 22.2 Å². The van der Waals surface area contributed by atoms with Crippen LogP contribution in [0.3, 0.4) is 0 Å². The molecule has 0 aliphatic carbocycles. The topological polar surface area (TPSA) is 116 Å². The van der Waals surface area contributed by atoms with Crippen LogP contribution < -0.4 is 10.1 Å². The van der Waals surface area contributed by atoms with Crippen LogP contribution in [0.1, 0.15) is 17.0 Å². The minimum absolute atomic E-state index is 0.0306. The highest BCUT2D eigenvalue weighted by molar-refractivity contribution is 7.91. The largest absolute Gasteiger partial charge is 0.487 e. The Kier molecular flexibility index (Phi) is 10.5. The van der Waals surface area contributed by atoms with Gasteiger partial charge in [-0.05, 0) is 60.5 Å². The number of thiazole rings is 1. The van der Waals surface area contributed by atoms with Crippen LogP contribution in [0.4, 0.5) is 20.3 Å². The Morgan fingerprint density at radius 1 is 0.938 bits per heavy atom. The van der Waals surface area contributed by atoms with Gasteiger partial charge in [0, 0.05) is 47.3 Å². The van der Waals surface area contributed by atoms with Gasteiger partial charge >= 0.3 is 0 Å². The minimum Gasteiger partial charge on any atom is -0.487 e. The Balaban J connectivity index is 1.08. The van der Waals surface area contributed by atoms with E-state index in [0.717, 1.165) is 5.01 Å². The van der Waals surface area contributed by atoms with E-state index in [9.17, 15) is 12.8 Å². The van der Waals surface area contributed by atoms with Crippen molar-refractivity contribution in [2.45, 2.75) is 24.5 Å². The number of nitrogens with zero attached hydrogens (tertiary/aromatic N) is 4. The third-order valence-corrected chi connectivity index (χ3v) is 9.95. The van der Waals surface area contributed by atoms with Crippen LogP contribution in [0, 0.1) is 11.6 Å². The molecule has 0 saturated carbocycles. The van der Waals surface area contributed by atoms with Gasteiger partial charge in [0.25, 0.3) is 0 Å². The number of ether oxygens (including phenoxy) is 2. The SMILES string of the molecule is O=S(=O)(CCOCCCc1nc(-c2cc3c(Nc4ccc(OCc5cccc(F)c5)c(Cl)c4)ncnc3cc2F)cs1)c1ccccn1. The molecule has 246 valence electrons. The average molecular weight is 708 g/mol. The summed E-state index contributed by atoms with van der Waals surface area (Å²) in [4.78, 5) is 17.1. The van der Waals surface area contributed by atoms with E-state index in [4.69, 9.17) is 21.1 Å². The molecule has 48 heavy (non-hydrogen) atoms. The molecule has 0 aliphatic rings. The third kappa shape index (κ3) is 8.29. The molecule has 14 heteroatoms. The molecule has 0 radical (unpaired) electrons. The van der Waals surface area contributed by atoms with Gasteiger partial charge in [-0.25, -0.2) is 37.1 Å². The van der Waals surface area contributed by atoms with Gasteiger partial charge in [-0.15, -0.1) is 11.3 Å².